The number of hydrogen-bond acceptors (Lipinski definition) is 5. The Balaban J connectivity index is 4.89. The average molecular weight is 228 g/mol. The quantitative estimate of drug-likeness (QED) is 0.383. The van der Waals surface area contributed by atoms with Gasteiger partial charge >= 0.3 is 11.9 Å². The molecule has 0 radical (unpaired) electrons. The molecule has 90 valence electrons. The Bertz CT molecular complexity index is 287. The fourth-order valence-corrected chi connectivity index (χ4v) is 1.01. The van der Waals surface area contributed by atoms with Crippen LogP contribution in [0.3, 0.4) is 0 Å². The van der Waals surface area contributed by atoms with Crippen molar-refractivity contribution >= 4 is 17.7 Å². The molecule has 0 N–H and O–H groups in total. The smallest absolute Gasteiger partial charge is 0.328 e. The number of hydrogen-bond donors (Lipinski definition) is 0. The van der Waals surface area contributed by atoms with Crippen LogP contribution in [0.5, 0.6) is 0 Å². The summed E-state index contributed by atoms with van der Waals surface area (Å²) in [4.78, 5) is 34.4. The van der Waals surface area contributed by atoms with Crippen molar-refractivity contribution in [2.75, 3.05) is 13.2 Å². The van der Waals surface area contributed by atoms with E-state index in [9.17, 15) is 14.4 Å². The molecule has 0 rings (SSSR count). The molecule has 0 unspecified atom stereocenters. The lowest BCUT2D eigenvalue weighted by Crippen LogP contribution is -2.35. The van der Waals surface area contributed by atoms with Crippen molar-refractivity contribution in [1.29, 1.82) is 0 Å². The summed E-state index contributed by atoms with van der Waals surface area (Å²) in [6, 6.07) is 0. The van der Waals surface area contributed by atoms with E-state index in [0.29, 0.717) is 0 Å². The number of esters is 2. The Labute approximate surface area is 94.4 Å². The zero-order chi connectivity index (χ0) is 12.7. The second-order valence-corrected chi connectivity index (χ2v) is 3.08. The Kier molecular flexibility index (Phi) is 6.07. The van der Waals surface area contributed by atoms with Crippen molar-refractivity contribution in [3.05, 3.63) is 12.2 Å². The minimum atomic E-state index is -1.54. The highest BCUT2D eigenvalue weighted by Crippen LogP contribution is 2.10. The molecule has 0 bridgehead atoms. The minimum Gasteiger partial charge on any atom is -0.465 e. The van der Waals surface area contributed by atoms with Gasteiger partial charge in [-0.1, -0.05) is 6.58 Å². The minimum absolute atomic E-state index is 0.0954. The van der Waals surface area contributed by atoms with Gasteiger partial charge < -0.3 is 9.47 Å². The van der Waals surface area contributed by atoms with Crippen LogP contribution in [0.25, 0.3) is 0 Å². The van der Waals surface area contributed by atoms with Crippen LogP contribution in [0.15, 0.2) is 12.2 Å². The molecular formula is C11H16O5. The average Bonchev–Trinajstić information content (AvgIpc) is 2.18. The van der Waals surface area contributed by atoms with Gasteiger partial charge in [0.05, 0.1) is 13.2 Å². The molecule has 0 fully saturated rings. The lowest BCUT2D eigenvalue weighted by molar-refractivity contribution is -0.163. The third kappa shape index (κ3) is 3.84. The maximum absolute atomic E-state index is 11.6. The molecule has 5 nitrogen and oxygen atoms in total. The maximum atomic E-state index is 11.6. The van der Waals surface area contributed by atoms with Crippen molar-refractivity contribution in [1.82, 2.24) is 0 Å². The molecule has 0 saturated carbocycles. The topological polar surface area (TPSA) is 69.7 Å². The van der Waals surface area contributed by atoms with Gasteiger partial charge in [-0.25, -0.2) is 0 Å². The van der Waals surface area contributed by atoms with E-state index >= 15 is 0 Å². The lowest BCUT2D eigenvalue weighted by Gasteiger charge is -2.12. The van der Waals surface area contributed by atoms with Crippen LogP contribution in [0.1, 0.15) is 20.8 Å². The molecule has 0 aliphatic carbocycles. The number of carbonyl (C=O) groups is 3. The first-order valence-electron chi connectivity index (χ1n) is 4.98. The van der Waals surface area contributed by atoms with Crippen molar-refractivity contribution in [2.24, 2.45) is 5.92 Å². The molecule has 0 amide bonds. The zero-order valence-electron chi connectivity index (χ0n) is 9.74. The number of Topliss-reactive ketones (excluding diaryl/α,β-unsaturated/α-hetero) is 1. The highest BCUT2D eigenvalue weighted by Gasteiger charge is 2.36. The van der Waals surface area contributed by atoms with Gasteiger partial charge in [-0.2, -0.15) is 0 Å². The molecule has 0 heterocycles. The molecule has 0 aliphatic rings. The van der Waals surface area contributed by atoms with Crippen LogP contribution in [0, 0.1) is 5.92 Å². The van der Waals surface area contributed by atoms with Crippen LogP contribution in [0.2, 0.25) is 0 Å². The van der Waals surface area contributed by atoms with Crippen molar-refractivity contribution in [3.63, 3.8) is 0 Å². The molecule has 0 aromatic carbocycles. The molecule has 0 saturated heterocycles. The normalized spacial score (nSPS) is 9.75. The summed E-state index contributed by atoms with van der Waals surface area (Å²) in [5.41, 5.74) is 0.117. The predicted molar refractivity (Wildman–Crippen MR) is 56.6 cm³/mol. The monoisotopic (exact) mass is 228 g/mol. The van der Waals surface area contributed by atoms with E-state index in [0.717, 1.165) is 0 Å². The van der Waals surface area contributed by atoms with E-state index in [1.165, 1.54) is 6.92 Å². The highest BCUT2D eigenvalue weighted by molar-refractivity contribution is 6.20. The first-order chi connectivity index (χ1) is 7.45. The maximum Gasteiger partial charge on any atom is 0.328 e. The lowest BCUT2D eigenvalue weighted by atomic mass is 10.00. The first-order valence-corrected chi connectivity index (χ1v) is 4.98. The van der Waals surface area contributed by atoms with Crippen LogP contribution >= 0.6 is 0 Å². The molecule has 5 heteroatoms. The van der Waals surface area contributed by atoms with Gasteiger partial charge in [-0.05, 0) is 26.3 Å². The zero-order valence-corrected chi connectivity index (χ0v) is 9.74. The van der Waals surface area contributed by atoms with Crippen LogP contribution in [-0.2, 0) is 23.9 Å². The van der Waals surface area contributed by atoms with Crippen molar-refractivity contribution in [2.45, 2.75) is 20.8 Å². The van der Waals surface area contributed by atoms with Gasteiger partial charge in [-0.3, -0.25) is 14.4 Å². The van der Waals surface area contributed by atoms with Gasteiger partial charge in [-0.15, -0.1) is 0 Å². The van der Waals surface area contributed by atoms with Gasteiger partial charge in [0.15, 0.2) is 5.78 Å². The Hall–Kier alpha value is -1.65. The Morgan fingerprint density at radius 3 is 1.69 bits per heavy atom. The van der Waals surface area contributed by atoms with Crippen LogP contribution in [-0.4, -0.2) is 30.9 Å². The Morgan fingerprint density at radius 2 is 1.44 bits per heavy atom. The van der Waals surface area contributed by atoms with E-state index in [1.54, 1.807) is 13.8 Å². The summed E-state index contributed by atoms with van der Waals surface area (Å²) in [5, 5.41) is 0. The van der Waals surface area contributed by atoms with Gasteiger partial charge in [0.1, 0.15) is 0 Å². The largest absolute Gasteiger partial charge is 0.465 e. The molecule has 0 aliphatic heterocycles. The van der Waals surface area contributed by atoms with E-state index < -0.39 is 23.6 Å². The third-order valence-corrected chi connectivity index (χ3v) is 1.73. The van der Waals surface area contributed by atoms with E-state index in [4.69, 9.17) is 0 Å². The molecular weight excluding hydrogens is 212 g/mol. The van der Waals surface area contributed by atoms with Gasteiger partial charge in [0.2, 0.25) is 5.92 Å². The summed E-state index contributed by atoms with van der Waals surface area (Å²) in [7, 11) is 0. The first kappa shape index (κ1) is 14.3. The molecule has 16 heavy (non-hydrogen) atoms. The fraction of sp³-hybridized carbons (Fsp3) is 0.545. The summed E-state index contributed by atoms with van der Waals surface area (Å²) < 4.78 is 9.28. The number of ketones is 1. The summed E-state index contributed by atoms with van der Waals surface area (Å²) in [6.45, 7) is 8.19. The number of allylic oxidation sites excluding steroid dienone is 1. The van der Waals surface area contributed by atoms with Crippen molar-refractivity contribution in [3.8, 4) is 0 Å². The third-order valence-electron chi connectivity index (χ3n) is 1.73. The standard InChI is InChI=1S/C11H16O5/c1-5-15-10(13)8(9(12)7(3)4)11(14)16-6-2/h8H,3,5-6H2,1-2,4H3. The molecule has 0 aromatic rings. The van der Waals surface area contributed by atoms with Crippen LogP contribution < -0.4 is 0 Å². The fourth-order valence-electron chi connectivity index (χ4n) is 1.01. The van der Waals surface area contributed by atoms with Crippen molar-refractivity contribution < 1.29 is 23.9 Å². The second kappa shape index (κ2) is 6.76. The van der Waals surface area contributed by atoms with E-state index in [1.807, 2.05) is 0 Å². The molecule has 0 aromatic heterocycles. The summed E-state index contributed by atoms with van der Waals surface area (Å²) in [5.74, 6) is -4.00. The van der Waals surface area contributed by atoms with E-state index in [2.05, 4.69) is 16.1 Å². The highest BCUT2D eigenvalue weighted by atomic mass is 16.6. The summed E-state index contributed by atoms with van der Waals surface area (Å²) in [6.07, 6.45) is 0. The van der Waals surface area contributed by atoms with E-state index in [-0.39, 0.29) is 18.8 Å². The number of rotatable bonds is 6. The van der Waals surface area contributed by atoms with Crippen LogP contribution in [0.4, 0.5) is 0 Å². The van der Waals surface area contributed by atoms with Gasteiger partial charge in [0, 0.05) is 0 Å². The molecule has 0 atom stereocenters. The number of carbonyl (C=O) groups excluding carboxylic acids is 3. The second-order valence-electron chi connectivity index (χ2n) is 3.08. The predicted octanol–water partition coefficient (Wildman–Crippen LogP) is 0.874. The number of ether oxygens (including phenoxy) is 2. The Morgan fingerprint density at radius 1 is 1.06 bits per heavy atom. The SMILES string of the molecule is C=C(C)C(=O)C(C(=O)OCC)C(=O)OCC. The van der Waals surface area contributed by atoms with Gasteiger partial charge in [0.25, 0.3) is 0 Å². The molecule has 0 spiro atoms. The summed E-state index contributed by atoms with van der Waals surface area (Å²) >= 11 is 0.